The van der Waals surface area contributed by atoms with E-state index in [1.807, 2.05) is 19.1 Å². The smallest absolute Gasteiger partial charge is 0.306 e. The van der Waals surface area contributed by atoms with Crippen molar-refractivity contribution in [3.63, 3.8) is 0 Å². The maximum absolute atomic E-state index is 14.2. The number of halogens is 2. The highest BCUT2D eigenvalue weighted by molar-refractivity contribution is 6.30. The molecule has 2 aromatic carbocycles. The van der Waals surface area contributed by atoms with Crippen LogP contribution in [0.4, 0.5) is 4.39 Å². The number of rotatable bonds is 11. The third kappa shape index (κ3) is 5.94. The Bertz CT molecular complexity index is 1240. The highest BCUT2D eigenvalue weighted by Gasteiger charge is 2.40. The molecule has 8 nitrogen and oxygen atoms in total. The van der Waals surface area contributed by atoms with E-state index in [4.69, 9.17) is 21.1 Å². The van der Waals surface area contributed by atoms with Gasteiger partial charge in [0.2, 0.25) is 0 Å². The number of hydrogen-bond donors (Lipinski definition) is 3. The number of methoxy groups -OCH3 is 1. The molecule has 37 heavy (non-hydrogen) atoms. The van der Waals surface area contributed by atoms with Gasteiger partial charge < -0.3 is 24.8 Å². The molecule has 198 valence electrons. The zero-order valence-corrected chi connectivity index (χ0v) is 21.4. The number of aliphatic carboxylic acids is 1. The molecule has 1 fully saturated rings. The molecule has 1 aromatic heterocycles. The molecule has 0 amide bonds. The van der Waals surface area contributed by atoms with Crippen LogP contribution in [-0.2, 0) is 17.9 Å². The number of nitrogens with zero attached hydrogens (tertiary/aromatic N) is 2. The first-order valence-corrected chi connectivity index (χ1v) is 12.4. The molecular formula is C27H30ClFN2O6. The molecule has 1 atom stereocenters. The van der Waals surface area contributed by atoms with Crippen LogP contribution >= 0.6 is 11.6 Å². The van der Waals surface area contributed by atoms with Gasteiger partial charge in [0.05, 0.1) is 24.6 Å². The van der Waals surface area contributed by atoms with Crippen LogP contribution in [0.1, 0.15) is 36.9 Å². The standard InChI is InChI=1S/C27H30ClFN2O6/c1-16(18-4-5-21(28)22(29)14-18)31(20-12-19(13-20)27(34)35)15-17-3-6-23(24(11-17)36-2)37-10-9-30-25(32)7-8-26(30)33/h3-8,11,14,16,19-20,32-33H,9-10,12-13,15H2,1-2H3,(H,34,35)/t16-,19?,20?/m1/s1. The summed E-state index contributed by atoms with van der Waals surface area (Å²) < 4.78 is 26.9. The number of carboxylic acids is 1. The maximum Gasteiger partial charge on any atom is 0.306 e. The Balaban J connectivity index is 1.50. The molecule has 3 aromatic rings. The topological polar surface area (TPSA) is 104 Å². The van der Waals surface area contributed by atoms with Gasteiger partial charge in [-0.05, 0) is 55.2 Å². The first-order valence-electron chi connectivity index (χ1n) is 12.0. The van der Waals surface area contributed by atoms with Crippen molar-refractivity contribution in [1.82, 2.24) is 9.47 Å². The second kappa shape index (κ2) is 11.3. The van der Waals surface area contributed by atoms with Crippen molar-refractivity contribution in [2.24, 2.45) is 5.92 Å². The van der Waals surface area contributed by atoms with Crippen LogP contribution in [0.15, 0.2) is 48.5 Å². The van der Waals surface area contributed by atoms with Gasteiger partial charge in [-0.1, -0.05) is 23.7 Å². The Labute approximate surface area is 219 Å². The van der Waals surface area contributed by atoms with Gasteiger partial charge in [0.25, 0.3) is 0 Å². The molecule has 0 spiro atoms. The van der Waals surface area contributed by atoms with E-state index in [-0.39, 0.29) is 47.9 Å². The minimum atomic E-state index is -0.800. The van der Waals surface area contributed by atoms with Crippen molar-refractivity contribution >= 4 is 17.6 Å². The molecule has 3 N–H and O–H groups in total. The summed E-state index contributed by atoms with van der Waals surface area (Å²) in [6.07, 6.45) is 1.04. The summed E-state index contributed by atoms with van der Waals surface area (Å²) in [5.41, 5.74) is 1.68. The molecule has 10 heteroatoms. The quantitative estimate of drug-likeness (QED) is 0.311. The number of benzene rings is 2. The lowest BCUT2D eigenvalue weighted by molar-refractivity contribution is -0.147. The number of carbonyl (C=O) groups is 1. The van der Waals surface area contributed by atoms with Crippen LogP contribution < -0.4 is 9.47 Å². The Hall–Kier alpha value is -3.43. The van der Waals surface area contributed by atoms with Crippen LogP contribution in [0.5, 0.6) is 23.3 Å². The molecule has 0 radical (unpaired) electrons. The van der Waals surface area contributed by atoms with E-state index in [0.29, 0.717) is 30.9 Å². The van der Waals surface area contributed by atoms with E-state index < -0.39 is 11.8 Å². The molecule has 0 saturated heterocycles. The fourth-order valence-electron chi connectivity index (χ4n) is 4.67. The molecular weight excluding hydrogens is 503 g/mol. The number of aromatic nitrogens is 1. The Morgan fingerprint density at radius 1 is 1.14 bits per heavy atom. The highest BCUT2D eigenvalue weighted by atomic mass is 35.5. The largest absolute Gasteiger partial charge is 0.494 e. The summed E-state index contributed by atoms with van der Waals surface area (Å²) in [7, 11) is 1.54. The fourth-order valence-corrected chi connectivity index (χ4v) is 4.79. The summed E-state index contributed by atoms with van der Waals surface area (Å²) in [6, 6.07) is 12.9. The van der Waals surface area contributed by atoms with Crippen molar-refractivity contribution in [3.8, 4) is 23.3 Å². The van der Waals surface area contributed by atoms with E-state index in [1.165, 1.54) is 35.9 Å². The summed E-state index contributed by atoms with van der Waals surface area (Å²) in [6.45, 7) is 2.89. The fraction of sp³-hybridized carbons (Fsp3) is 0.370. The van der Waals surface area contributed by atoms with Gasteiger partial charge in [0, 0.05) is 30.8 Å². The number of aromatic hydroxyl groups is 2. The molecule has 1 heterocycles. The minimum Gasteiger partial charge on any atom is -0.494 e. The monoisotopic (exact) mass is 532 g/mol. The first-order chi connectivity index (χ1) is 17.7. The van der Waals surface area contributed by atoms with E-state index in [0.717, 1.165) is 11.1 Å². The van der Waals surface area contributed by atoms with Crippen molar-refractivity contribution in [1.29, 1.82) is 0 Å². The lowest BCUT2D eigenvalue weighted by Gasteiger charge is -2.44. The summed E-state index contributed by atoms with van der Waals surface area (Å²) in [5.74, 6) is -0.768. The first kappa shape index (κ1) is 26.6. The Morgan fingerprint density at radius 2 is 1.84 bits per heavy atom. The number of carboxylic acid groups (broad SMARTS) is 1. The molecule has 0 bridgehead atoms. The molecule has 1 aliphatic carbocycles. The van der Waals surface area contributed by atoms with Gasteiger partial charge in [0.15, 0.2) is 23.3 Å². The van der Waals surface area contributed by atoms with Gasteiger partial charge in [0.1, 0.15) is 12.4 Å². The van der Waals surface area contributed by atoms with E-state index >= 15 is 0 Å². The van der Waals surface area contributed by atoms with Crippen LogP contribution in [0.25, 0.3) is 0 Å². The van der Waals surface area contributed by atoms with Crippen molar-refractivity contribution < 1.29 is 34.0 Å². The second-order valence-electron chi connectivity index (χ2n) is 9.22. The van der Waals surface area contributed by atoms with Crippen LogP contribution in [0.2, 0.25) is 5.02 Å². The van der Waals surface area contributed by atoms with Gasteiger partial charge in [-0.3, -0.25) is 14.3 Å². The van der Waals surface area contributed by atoms with Gasteiger partial charge in [-0.25, -0.2) is 4.39 Å². The zero-order chi connectivity index (χ0) is 26.7. The lowest BCUT2D eigenvalue weighted by atomic mass is 9.78. The number of hydrogen-bond acceptors (Lipinski definition) is 6. The summed E-state index contributed by atoms with van der Waals surface area (Å²) in [5, 5.41) is 29.0. The lowest BCUT2D eigenvalue weighted by Crippen LogP contribution is -2.47. The highest BCUT2D eigenvalue weighted by Crippen LogP contribution is 2.39. The van der Waals surface area contributed by atoms with Gasteiger partial charge in [-0.15, -0.1) is 0 Å². The third-order valence-electron chi connectivity index (χ3n) is 6.96. The average Bonchev–Trinajstić information content (AvgIpc) is 3.16. The number of ether oxygens (including phenoxy) is 2. The Kier molecular flexibility index (Phi) is 8.14. The van der Waals surface area contributed by atoms with Gasteiger partial charge >= 0.3 is 5.97 Å². The Morgan fingerprint density at radius 3 is 2.46 bits per heavy atom. The maximum atomic E-state index is 14.2. The normalized spacial score (nSPS) is 17.9. The SMILES string of the molecule is COc1cc(CN(C2CC(C(=O)O)C2)[C@H](C)c2ccc(Cl)c(F)c2)ccc1OCCn1c(O)ccc1O. The van der Waals surface area contributed by atoms with E-state index in [2.05, 4.69) is 4.90 Å². The zero-order valence-electron chi connectivity index (χ0n) is 20.6. The molecule has 0 unspecified atom stereocenters. The summed E-state index contributed by atoms with van der Waals surface area (Å²) >= 11 is 5.87. The minimum absolute atomic E-state index is 0.0266. The second-order valence-corrected chi connectivity index (χ2v) is 9.62. The molecule has 1 aliphatic rings. The van der Waals surface area contributed by atoms with E-state index in [1.54, 1.807) is 12.1 Å². The predicted molar refractivity (Wildman–Crippen MR) is 136 cm³/mol. The molecule has 1 saturated carbocycles. The average molecular weight is 533 g/mol. The van der Waals surface area contributed by atoms with Crippen molar-refractivity contribution in [2.75, 3.05) is 13.7 Å². The molecule has 4 rings (SSSR count). The predicted octanol–water partition coefficient (Wildman–Crippen LogP) is 5.21. The van der Waals surface area contributed by atoms with Crippen LogP contribution in [0, 0.1) is 11.7 Å². The van der Waals surface area contributed by atoms with Crippen LogP contribution in [0.3, 0.4) is 0 Å². The van der Waals surface area contributed by atoms with Crippen LogP contribution in [-0.4, -0.2) is 50.5 Å². The van der Waals surface area contributed by atoms with Crippen molar-refractivity contribution in [2.45, 2.75) is 44.9 Å². The van der Waals surface area contributed by atoms with Crippen molar-refractivity contribution in [3.05, 3.63) is 70.5 Å². The van der Waals surface area contributed by atoms with E-state index in [9.17, 15) is 24.5 Å². The molecule has 0 aliphatic heterocycles. The summed E-state index contributed by atoms with van der Waals surface area (Å²) in [4.78, 5) is 13.6. The third-order valence-corrected chi connectivity index (χ3v) is 7.26. The van der Waals surface area contributed by atoms with Gasteiger partial charge in [-0.2, -0.15) is 0 Å².